The minimum atomic E-state index is -0.678. The predicted octanol–water partition coefficient (Wildman–Crippen LogP) is 2.47. The van der Waals surface area contributed by atoms with Crippen LogP contribution in [0.4, 0.5) is 0 Å². The molecule has 1 atom stereocenters. The molecule has 2 aliphatic rings. The third-order valence-electron chi connectivity index (χ3n) is 5.76. The zero-order chi connectivity index (χ0) is 15.0. The third kappa shape index (κ3) is 2.23. The van der Waals surface area contributed by atoms with E-state index in [1.807, 2.05) is 25.7 Å². The van der Waals surface area contributed by atoms with Gasteiger partial charge in [0.2, 0.25) is 11.8 Å². The van der Waals surface area contributed by atoms with E-state index in [9.17, 15) is 9.59 Å². The minimum absolute atomic E-state index is 0.00104. The lowest BCUT2D eigenvalue weighted by atomic mass is 9.66. The number of carbonyl (C=O) groups is 2. The van der Waals surface area contributed by atoms with Gasteiger partial charge in [0.15, 0.2) is 0 Å². The molecule has 0 radical (unpaired) electrons. The molecule has 20 heavy (non-hydrogen) atoms. The molecule has 1 unspecified atom stereocenters. The van der Waals surface area contributed by atoms with Gasteiger partial charge in [-0.1, -0.05) is 27.2 Å². The first-order valence-electron chi connectivity index (χ1n) is 8.06. The van der Waals surface area contributed by atoms with Gasteiger partial charge in [-0.25, -0.2) is 0 Å². The topological polar surface area (TPSA) is 49.4 Å². The molecule has 4 heteroatoms. The van der Waals surface area contributed by atoms with Crippen molar-refractivity contribution in [2.45, 2.75) is 77.8 Å². The summed E-state index contributed by atoms with van der Waals surface area (Å²) in [6, 6.07) is -0.335. The maximum atomic E-state index is 12.9. The molecule has 0 aromatic carbocycles. The monoisotopic (exact) mass is 280 g/mol. The SMILES string of the molecule is CCC1(CN2C(=O)C(CC)(CC)NC(=O)C2C)CCC1. The summed E-state index contributed by atoms with van der Waals surface area (Å²) in [5.74, 6) is 0.119. The highest BCUT2D eigenvalue weighted by Gasteiger charge is 2.50. The summed E-state index contributed by atoms with van der Waals surface area (Å²) in [6.07, 6.45) is 6.05. The van der Waals surface area contributed by atoms with Crippen LogP contribution in [0.15, 0.2) is 0 Å². The number of rotatable bonds is 5. The third-order valence-corrected chi connectivity index (χ3v) is 5.76. The Kier molecular flexibility index (Phi) is 4.12. The lowest BCUT2D eigenvalue weighted by molar-refractivity contribution is -0.158. The molecule has 1 heterocycles. The average molecular weight is 280 g/mol. The van der Waals surface area contributed by atoms with Crippen molar-refractivity contribution in [3.63, 3.8) is 0 Å². The Morgan fingerprint density at radius 1 is 1.15 bits per heavy atom. The summed E-state index contributed by atoms with van der Waals surface area (Å²) in [4.78, 5) is 27.0. The van der Waals surface area contributed by atoms with Gasteiger partial charge in [0.05, 0.1) is 0 Å². The van der Waals surface area contributed by atoms with E-state index >= 15 is 0 Å². The number of piperazine rings is 1. The van der Waals surface area contributed by atoms with E-state index in [0.717, 1.165) is 13.0 Å². The molecule has 0 spiro atoms. The second-order valence-corrected chi connectivity index (χ2v) is 6.59. The first kappa shape index (κ1) is 15.3. The molecule has 1 aliphatic carbocycles. The second kappa shape index (κ2) is 5.38. The van der Waals surface area contributed by atoms with E-state index in [1.165, 1.54) is 19.3 Å². The fourth-order valence-electron chi connectivity index (χ4n) is 3.59. The molecule has 1 N–H and O–H groups in total. The van der Waals surface area contributed by atoms with Crippen molar-refractivity contribution in [2.24, 2.45) is 5.41 Å². The predicted molar refractivity (Wildman–Crippen MR) is 79.2 cm³/mol. The number of carbonyl (C=O) groups excluding carboxylic acids is 2. The van der Waals surface area contributed by atoms with Crippen LogP contribution in [0.2, 0.25) is 0 Å². The largest absolute Gasteiger partial charge is 0.340 e. The molecule has 2 fully saturated rings. The Labute approximate surface area is 122 Å². The zero-order valence-electron chi connectivity index (χ0n) is 13.3. The van der Waals surface area contributed by atoms with Crippen LogP contribution in [0.5, 0.6) is 0 Å². The molecule has 1 saturated heterocycles. The number of nitrogens with zero attached hydrogens (tertiary/aromatic N) is 1. The number of hydrogen-bond donors (Lipinski definition) is 1. The van der Waals surface area contributed by atoms with Gasteiger partial charge in [-0.15, -0.1) is 0 Å². The molecule has 1 aliphatic heterocycles. The molecule has 0 aromatic rings. The van der Waals surface area contributed by atoms with Crippen LogP contribution in [-0.4, -0.2) is 34.8 Å². The van der Waals surface area contributed by atoms with E-state index in [-0.39, 0.29) is 23.3 Å². The van der Waals surface area contributed by atoms with Crippen molar-refractivity contribution in [3.05, 3.63) is 0 Å². The van der Waals surface area contributed by atoms with Crippen LogP contribution in [-0.2, 0) is 9.59 Å². The van der Waals surface area contributed by atoms with Gasteiger partial charge in [-0.05, 0) is 44.4 Å². The van der Waals surface area contributed by atoms with Gasteiger partial charge in [0.1, 0.15) is 11.6 Å². The average Bonchev–Trinajstić information content (AvgIpc) is 2.42. The molecule has 0 bridgehead atoms. The van der Waals surface area contributed by atoms with Gasteiger partial charge in [0, 0.05) is 6.54 Å². The highest BCUT2D eigenvalue weighted by molar-refractivity contribution is 5.99. The minimum Gasteiger partial charge on any atom is -0.340 e. The Balaban J connectivity index is 2.24. The Hall–Kier alpha value is -1.06. The van der Waals surface area contributed by atoms with Crippen LogP contribution in [0.3, 0.4) is 0 Å². The summed E-state index contributed by atoms with van der Waals surface area (Å²) < 4.78 is 0. The molecule has 4 nitrogen and oxygen atoms in total. The van der Waals surface area contributed by atoms with Crippen molar-refractivity contribution < 1.29 is 9.59 Å². The molecular weight excluding hydrogens is 252 g/mol. The van der Waals surface area contributed by atoms with Crippen molar-refractivity contribution in [2.75, 3.05) is 6.54 Å². The number of amides is 2. The van der Waals surface area contributed by atoms with E-state index in [0.29, 0.717) is 12.8 Å². The summed E-state index contributed by atoms with van der Waals surface area (Å²) in [5, 5.41) is 2.97. The maximum absolute atomic E-state index is 12.9. The highest BCUT2D eigenvalue weighted by atomic mass is 16.2. The van der Waals surface area contributed by atoms with Crippen LogP contribution < -0.4 is 5.32 Å². The Morgan fingerprint density at radius 2 is 1.75 bits per heavy atom. The molecule has 114 valence electrons. The lowest BCUT2D eigenvalue weighted by Crippen LogP contribution is -2.70. The number of nitrogens with one attached hydrogen (secondary N) is 1. The standard InChI is InChI=1S/C16H28N2O2/c1-5-15(9-8-10-15)11-18-12(4)13(19)17-16(6-2,7-3)14(18)20/h12H,5-11H2,1-4H3,(H,17,19). The van der Waals surface area contributed by atoms with Gasteiger partial charge >= 0.3 is 0 Å². The Bertz CT molecular complexity index is 392. The molecule has 2 amide bonds. The van der Waals surface area contributed by atoms with Crippen LogP contribution in [0.25, 0.3) is 0 Å². The van der Waals surface area contributed by atoms with E-state index in [4.69, 9.17) is 0 Å². The van der Waals surface area contributed by atoms with Crippen LogP contribution in [0, 0.1) is 5.41 Å². The summed E-state index contributed by atoms with van der Waals surface area (Å²) in [5.41, 5.74) is -0.420. The van der Waals surface area contributed by atoms with Crippen LogP contribution >= 0.6 is 0 Å². The Morgan fingerprint density at radius 3 is 2.15 bits per heavy atom. The summed E-state index contributed by atoms with van der Waals surface area (Å²) in [6.45, 7) is 8.76. The van der Waals surface area contributed by atoms with Crippen LogP contribution in [0.1, 0.15) is 66.2 Å². The first-order chi connectivity index (χ1) is 9.43. The fourth-order valence-corrected chi connectivity index (χ4v) is 3.59. The quantitative estimate of drug-likeness (QED) is 0.841. The fraction of sp³-hybridized carbons (Fsp3) is 0.875. The van der Waals surface area contributed by atoms with E-state index in [1.54, 1.807) is 0 Å². The van der Waals surface area contributed by atoms with Crippen molar-refractivity contribution in [1.29, 1.82) is 0 Å². The van der Waals surface area contributed by atoms with Gasteiger partial charge in [0.25, 0.3) is 0 Å². The van der Waals surface area contributed by atoms with Gasteiger partial charge < -0.3 is 10.2 Å². The van der Waals surface area contributed by atoms with Crippen molar-refractivity contribution in [1.82, 2.24) is 10.2 Å². The van der Waals surface area contributed by atoms with E-state index < -0.39 is 5.54 Å². The second-order valence-electron chi connectivity index (χ2n) is 6.59. The van der Waals surface area contributed by atoms with Gasteiger partial charge in [-0.3, -0.25) is 9.59 Å². The molecular formula is C16H28N2O2. The molecule has 1 saturated carbocycles. The lowest BCUT2D eigenvalue weighted by Gasteiger charge is -2.50. The van der Waals surface area contributed by atoms with Crippen molar-refractivity contribution >= 4 is 11.8 Å². The normalized spacial score (nSPS) is 28.0. The molecule has 2 rings (SSSR count). The zero-order valence-corrected chi connectivity index (χ0v) is 13.3. The number of hydrogen-bond acceptors (Lipinski definition) is 2. The van der Waals surface area contributed by atoms with Crippen molar-refractivity contribution in [3.8, 4) is 0 Å². The first-order valence-corrected chi connectivity index (χ1v) is 8.06. The molecule has 0 aromatic heterocycles. The van der Waals surface area contributed by atoms with E-state index in [2.05, 4.69) is 12.2 Å². The summed E-state index contributed by atoms with van der Waals surface area (Å²) in [7, 11) is 0. The highest BCUT2D eigenvalue weighted by Crippen LogP contribution is 2.45. The smallest absolute Gasteiger partial charge is 0.248 e. The summed E-state index contributed by atoms with van der Waals surface area (Å²) >= 11 is 0. The maximum Gasteiger partial charge on any atom is 0.248 e. The van der Waals surface area contributed by atoms with Gasteiger partial charge in [-0.2, -0.15) is 0 Å².